The third kappa shape index (κ3) is 3.38. The summed E-state index contributed by atoms with van der Waals surface area (Å²) < 4.78 is 33.4. The van der Waals surface area contributed by atoms with Gasteiger partial charge >= 0.3 is 91.8 Å². The van der Waals surface area contributed by atoms with Gasteiger partial charge in [0.25, 0.3) is 0 Å². The van der Waals surface area contributed by atoms with Crippen LogP contribution in [0.25, 0.3) is 0 Å². The molecule has 0 saturated heterocycles. The second-order valence-corrected chi connectivity index (χ2v) is 7.39. The monoisotopic (exact) mass is 320 g/mol. The van der Waals surface area contributed by atoms with Crippen LogP contribution in [-0.4, -0.2) is 39.0 Å². The van der Waals surface area contributed by atoms with E-state index in [0.29, 0.717) is 0 Å². The Bertz CT molecular complexity index is 391. The first-order valence-electron chi connectivity index (χ1n) is 4.28. The van der Waals surface area contributed by atoms with Crippen molar-refractivity contribution in [2.75, 3.05) is 6.61 Å². The molecule has 15 heavy (non-hydrogen) atoms. The molecule has 1 rings (SSSR count). The first-order valence-corrected chi connectivity index (χ1v) is 8.88. The predicted octanol–water partition coefficient (Wildman–Crippen LogP) is -0.576. The Morgan fingerprint density at radius 3 is 2.27 bits per heavy atom. The first-order chi connectivity index (χ1) is 6.95. The molecule has 0 heterocycles. The molecule has 0 saturated carbocycles. The Balaban J connectivity index is 2.91. The van der Waals surface area contributed by atoms with Crippen LogP contribution in [0.1, 0.15) is 17.3 Å². The standard InChI is InChI=1S/C9H9O2.2H2O.O.Sb/c1-2-11-9(10)8-6-4-3-5-7-8;;;;/h4-7H,2H2,1H3;2*1H2;;/q;;;;+2/p-2. The summed E-state index contributed by atoms with van der Waals surface area (Å²) in [4.78, 5) is 11.2. The quantitative estimate of drug-likeness (QED) is 0.575. The van der Waals surface area contributed by atoms with E-state index < -0.39 is 25.6 Å². The van der Waals surface area contributed by atoms with Crippen LogP contribution in [0.3, 0.4) is 0 Å². The molecule has 0 bridgehead atoms. The Hall–Kier alpha value is -0.772. The zero-order chi connectivity index (χ0) is 11.5. The molecule has 0 unspecified atom stereocenters. The Morgan fingerprint density at radius 1 is 1.33 bits per heavy atom. The number of carbonyl (C=O) groups is 1. The summed E-state index contributed by atoms with van der Waals surface area (Å²) in [5.41, 5.74) is 0.286. The molecule has 1 aromatic rings. The predicted molar refractivity (Wildman–Crippen MR) is 52.9 cm³/mol. The number of carbonyl (C=O) groups excluding carboxylic acids is 1. The maximum atomic E-state index is 11.2. The fourth-order valence-corrected chi connectivity index (χ4v) is 2.54. The Labute approximate surface area is 91.8 Å². The van der Waals surface area contributed by atoms with Crippen LogP contribution < -0.4 is 3.51 Å². The van der Waals surface area contributed by atoms with Gasteiger partial charge in [-0.25, -0.2) is 0 Å². The molecular formula is C9H11O5Sb. The Kier molecular flexibility index (Phi) is 3.96. The van der Waals surface area contributed by atoms with Gasteiger partial charge in [-0.3, -0.25) is 0 Å². The van der Waals surface area contributed by atoms with Gasteiger partial charge in [-0.2, -0.15) is 0 Å². The molecule has 0 spiro atoms. The van der Waals surface area contributed by atoms with E-state index in [1.54, 1.807) is 6.92 Å². The van der Waals surface area contributed by atoms with E-state index in [4.69, 9.17) is 11.5 Å². The fraction of sp³-hybridized carbons (Fsp3) is 0.222. The summed E-state index contributed by atoms with van der Waals surface area (Å²) in [7, 11) is 0. The molecule has 0 aliphatic carbocycles. The summed E-state index contributed by atoms with van der Waals surface area (Å²) in [6.07, 6.45) is 0. The molecule has 6 heteroatoms. The van der Waals surface area contributed by atoms with Gasteiger partial charge in [-0.15, -0.1) is 0 Å². The zero-order valence-corrected chi connectivity index (χ0v) is 10.6. The van der Waals surface area contributed by atoms with E-state index in [2.05, 4.69) is 0 Å². The van der Waals surface area contributed by atoms with Crippen molar-refractivity contribution in [2.45, 2.75) is 6.92 Å². The van der Waals surface area contributed by atoms with Crippen LogP contribution in [0.15, 0.2) is 24.3 Å². The topological polar surface area (TPSA) is 83.8 Å². The third-order valence-corrected chi connectivity index (χ3v) is 4.49. The van der Waals surface area contributed by atoms with Gasteiger partial charge in [0.1, 0.15) is 0 Å². The van der Waals surface area contributed by atoms with Crippen molar-refractivity contribution in [2.24, 2.45) is 0 Å². The van der Waals surface area contributed by atoms with Gasteiger partial charge in [0.15, 0.2) is 0 Å². The number of esters is 1. The first kappa shape index (κ1) is 12.3. The van der Waals surface area contributed by atoms with Crippen molar-refractivity contribution < 1.29 is 19.3 Å². The van der Waals surface area contributed by atoms with Crippen molar-refractivity contribution in [3.63, 3.8) is 0 Å². The van der Waals surface area contributed by atoms with Crippen molar-refractivity contribution in [3.8, 4) is 0 Å². The number of ether oxygens (including phenoxy) is 1. The number of benzene rings is 1. The average molecular weight is 321 g/mol. The summed E-state index contributed by atoms with van der Waals surface area (Å²) in [5.74, 6) is -0.495. The van der Waals surface area contributed by atoms with Crippen LogP contribution >= 0.6 is 0 Å². The van der Waals surface area contributed by atoms with Gasteiger partial charge < -0.3 is 0 Å². The van der Waals surface area contributed by atoms with Crippen molar-refractivity contribution in [1.82, 2.24) is 0 Å². The van der Waals surface area contributed by atoms with E-state index in [1.807, 2.05) is 0 Å². The van der Waals surface area contributed by atoms with E-state index >= 15 is 0 Å². The fourth-order valence-electron chi connectivity index (χ4n) is 1.01. The Morgan fingerprint density at radius 2 is 1.87 bits per heavy atom. The number of hydrogen-bond acceptors (Lipinski definition) is 3. The van der Waals surface area contributed by atoms with E-state index in [0.717, 1.165) is 0 Å². The molecular weight excluding hydrogens is 310 g/mol. The van der Waals surface area contributed by atoms with Crippen LogP contribution in [0.5, 0.6) is 0 Å². The molecule has 1 aromatic carbocycles. The van der Waals surface area contributed by atoms with Crippen molar-refractivity contribution in [3.05, 3.63) is 29.8 Å². The molecule has 0 fully saturated rings. The van der Waals surface area contributed by atoms with E-state index in [9.17, 15) is 7.81 Å². The molecule has 0 atom stereocenters. The van der Waals surface area contributed by atoms with Crippen molar-refractivity contribution in [1.29, 1.82) is 0 Å². The molecule has 0 radical (unpaired) electrons. The summed E-state index contributed by atoms with van der Waals surface area (Å²) in [6, 6.07) is 5.21. The zero-order valence-electron chi connectivity index (χ0n) is 8.08. The molecule has 2 N–H and O–H groups in total. The average Bonchev–Trinajstić information content (AvgIpc) is 2.17. The SMILES string of the molecule is CCOC(=O)c1cc[c]([Sb](=[O])([OH])[OH])cc1. The van der Waals surface area contributed by atoms with Crippen molar-refractivity contribution >= 4 is 29.1 Å². The van der Waals surface area contributed by atoms with Crippen LogP contribution in [0, 0.1) is 0 Å². The molecule has 5 nitrogen and oxygen atoms in total. The van der Waals surface area contributed by atoms with Gasteiger partial charge in [-0.1, -0.05) is 0 Å². The van der Waals surface area contributed by atoms with Gasteiger partial charge in [0.05, 0.1) is 0 Å². The summed E-state index contributed by atoms with van der Waals surface area (Å²) in [5, 5.41) is 0. The summed E-state index contributed by atoms with van der Waals surface area (Å²) in [6.45, 7) is 1.96. The minimum atomic E-state index is -5.12. The third-order valence-electron chi connectivity index (χ3n) is 1.71. The number of rotatable bonds is 3. The molecule has 0 aliphatic rings. The normalized spacial score (nSPS) is 11.1. The van der Waals surface area contributed by atoms with Gasteiger partial charge in [0, 0.05) is 0 Å². The minimum absolute atomic E-state index is 0.0263. The van der Waals surface area contributed by atoms with Gasteiger partial charge in [-0.05, 0) is 0 Å². The second kappa shape index (κ2) is 4.83. The maximum absolute atomic E-state index is 11.2. The van der Waals surface area contributed by atoms with Crippen LogP contribution in [-0.2, 0) is 7.75 Å². The molecule has 0 amide bonds. The van der Waals surface area contributed by atoms with Gasteiger partial charge in [0.2, 0.25) is 0 Å². The van der Waals surface area contributed by atoms with E-state index in [1.165, 1.54) is 24.3 Å². The van der Waals surface area contributed by atoms with Crippen LogP contribution in [0.2, 0.25) is 0 Å². The summed E-state index contributed by atoms with van der Waals surface area (Å²) >= 11 is -5.12. The van der Waals surface area contributed by atoms with Crippen LogP contribution in [0.4, 0.5) is 0 Å². The molecule has 0 aromatic heterocycles. The van der Waals surface area contributed by atoms with E-state index in [-0.39, 0.29) is 15.7 Å². The number of hydrogen-bond donors (Lipinski definition) is 2. The molecule has 82 valence electrons. The molecule has 0 aliphatic heterocycles. The second-order valence-electron chi connectivity index (χ2n) is 2.81.